The molecule has 3 aliphatic heterocycles. The molecule has 3 heterocycles. The molecule has 1 saturated carbocycles. The summed E-state index contributed by atoms with van der Waals surface area (Å²) >= 11 is 0. The van der Waals surface area contributed by atoms with Gasteiger partial charge in [-0.25, -0.2) is 4.99 Å². The Labute approximate surface area is 257 Å². The lowest BCUT2D eigenvalue weighted by Crippen LogP contribution is -2.44. The van der Waals surface area contributed by atoms with Crippen LogP contribution in [-0.4, -0.2) is 66.5 Å². The Balaban J connectivity index is 0.000000416. The molecule has 0 radical (unpaired) electrons. The Bertz CT molecular complexity index is 1190. The average Bonchev–Trinajstić information content (AvgIpc) is 2.97. The second-order valence-corrected chi connectivity index (χ2v) is 12.2. The number of piperazine rings is 1. The van der Waals surface area contributed by atoms with Gasteiger partial charge in [-0.3, -0.25) is 9.89 Å². The lowest BCUT2D eigenvalue weighted by atomic mass is 9.89. The van der Waals surface area contributed by atoms with Gasteiger partial charge in [-0.1, -0.05) is 64.3 Å². The summed E-state index contributed by atoms with van der Waals surface area (Å²) in [5, 5.41) is 0. The van der Waals surface area contributed by atoms with Crippen molar-refractivity contribution in [1.82, 2.24) is 14.7 Å². The molecule has 1 unspecified atom stereocenters. The number of allylic oxidation sites excluding steroid dienone is 8. The maximum absolute atomic E-state index is 5.02. The molecule has 1 aliphatic carbocycles. The second-order valence-electron chi connectivity index (χ2n) is 12.2. The molecule has 4 rings (SSSR count). The molecule has 0 bridgehead atoms. The first-order valence-electron chi connectivity index (χ1n) is 16.4. The molecular formula is C37H57N5. The van der Waals surface area contributed by atoms with E-state index in [1.165, 1.54) is 66.6 Å². The molecule has 0 aromatic rings. The predicted octanol–water partition coefficient (Wildman–Crippen LogP) is 8.83. The molecule has 0 amide bonds. The van der Waals surface area contributed by atoms with Gasteiger partial charge in [-0.2, -0.15) is 0 Å². The summed E-state index contributed by atoms with van der Waals surface area (Å²) in [5.74, 6) is 1.76. The fourth-order valence-corrected chi connectivity index (χ4v) is 5.34. The number of likely N-dealkylation sites (N-methyl/N-ethyl adjacent to an activating group) is 1. The fraction of sp³-hybridized carbons (Fsp3) is 0.568. The smallest absolute Gasteiger partial charge is 0.137 e. The number of unbranched alkanes of at least 4 members (excludes halogenated alkanes) is 1. The molecular weight excluding hydrogens is 514 g/mol. The molecule has 0 spiro atoms. The van der Waals surface area contributed by atoms with Crippen molar-refractivity contribution in [2.75, 3.05) is 40.3 Å². The number of rotatable bonds is 10. The third-order valence-electron chi connectivity index (χ3n) is 8.98. The molecule has 0 aromatic carbocycles. The van der Waals surface area contributed by atoms with E-state index in [1.54, 1.807) is 5.57 Å². The molecule has 2 fully saturated rings. The zero-order valence-electron chi connectivity index (χ0n) is 28.0. The van der Waals surface area contributed by atoms with E-state index in [2.05, 4.69) is 111 Å². The number of amidine groups is 1. The van der Waals surface area contributed by atoms with Crippen LogP contribution in [0, 0.1) is 5.92 Å². The van der Waals surface area contributed by atoms with Crippen molar-refractivity contribution >= 4 is 11.5 Å². The van der Waals surface area contributed by atoms with Crippen LogP contribution in [0.5, 0.6) is 0 Å². The summed E-state index contributed by atoms with van der Waals surface area (Å²) in [5.41, 5.74) is 9.87. The molecule has 1 saturated heterocycles. The molecule has 0 N–H and O–H groups in total. The summed E-state index contributed by atoms with van der Waals surface area (Å²) in [4.78, 5) is 16.8. The Hall–Kier alpha value is -2.92. The van der Waals surface area contributed by atoms with Gasteiger partial charge >= 0.3 is 0 Å². The van der Waals surface area contributed by atoms with Gasteiger partial charge in [-0.05, 0) is 101 Å². The van der Waals surface area contributed by atoms with Crippen molar-refractivity contribution in [3.8, 4) is 0 Å². The van der Waals surface area contributed by atoms with Gasteiger partial charge in [0, 0.05) is 45.1 Å². The number of hydrogen-bond donors (Lipinski definition) is 0. The summed E-state index contributed by atoms with van der Waals surface area (Å²) in [6.45, 7) is 21.9. The van der Waals surface area contributed by atoms with E-state index in [1.807, 2.05) is 7.05 Å². The van der Waals surface area contributed by atoms with Gasteiger partial charge < -0.3 is 9.80 Å². The van der Waals surface area contributed by atoms with E-state index < -0.39 is 0 Å². The summed E-state index contributed by atoms with van der Waals surface area (Å²) in [6.07, 6.45) is 22.9. The molecule has 1 atom stereocenters. The fourth-order valence-electron chi connectivity index (χ4n) is 5.34. The first-order chi connectivity index (χ1) is 20.2. The molecule has 4 aliphatic rings. The van der Waals surface area contributed by atoms with Crippen molar-refractivity contribution in [2.45, 2.75) is 92.9 Å². The molecule has 230 valence electrons. The van der Waals surface area contributed by atoms with Gasteiger partial charge in [0.25, 0.3) is 0 Å². The Kier molecular flexibility index (Phi) is 13.3. The van der Waals surface area contributed by atoms with Crippen LogP contribution in [-0.2, 0) is 0 Å². The minimum atomic E-state index is 0.784. The van der Waals surface area contributed by atoms with Crippen molar-refractivity contribution in [1.29, 1.82) is 0 Å². The van der Waals surface area contributed by atoms with Crippen LogP contribution in [0.2, 0.25) is 0 Å². The van der Waals surface area contributed by atoms with Crippen molar-refractivity contribution in [2.24, 2.45) is 15.9 Å². The van der Waals surface area contributed by atoms with E-state index >= 15 is 0 Å². The van der Waals surface area contributed by atoms with Gasteiger partial charge in [-0.15, -0.1) is 0 Å². The third kappa shape index (κ3) is 9.04. The highest BCUT2D eigenvalue weighted by Crippen LogP contribution is 2.36. The normalized spacial score (nSPS) is 20.7. The first-order valence-corrected chi connectivity index (χ1v) is 16.4. The zero-order chi connectivity index (χ0) is 30.6. The third-order valence-corrected chi connectivity index (χ3v) is 8.98. The largest absolute Gasteiger partial charge is 0.368 e. The quantitative estimate of drug-likeness (QED) is 0.149. The highest BCUT2D eigenvalue weighted by Gasteiger charge is 2.28. The van der Waals surface area contributed by atoms with Crippen LogP contribution in [0.3, 0.4) is 0 Å². The SMILES string of the molecule is C=C(CCC)/C(C)=C/C(=NC)C1=CC(=C2CCC2)N2C=C(N3CCN(C)CC3)C=CC2=N1.CCC/C=C(/C)C(C)CC. The highest BCUT2D eigenvalue weighted by atomic mass is 15.3. The second kappa shape index (κ2) is 16.6. The Morgan fingerprint density at radius 3 is 2.36 bits per heavy atom. The summed E-state index contributed by atoms with van der Waals surface area (Å²) < 4.78 is 0. The standard InChI is InChI=1S/C27H37N5.C10H20/c1-6-8-20(2)21(3)17-24(28-4)25-18-26(22-9-7-10-22)32-19-23(11-12-27(32)29-25)31-15-13-30(5)14-16-31;1-5-7-8-10(4)9(3)6-2/h11-12,17-19H,2,6-10,13-16H2,1,3-5H3;8-9H,5-7H2,1-4H3/b21-17+,28-24?;10-8-. The minimum absolute atomic E-state index is 0.784. The maximum atomic E-state index is 5.02. The van der Waals surface area contributed by atoms with E-state index in [4.69, 9.17) is 4.99 Å². The van der Waals surface area contributed by atoms with Gasteiger partial charge in [0.2, 0.25) is 0 Å². The number of hydrogen-bond acceptors (Lipinski definition) is 5. The molecule has 5 nitrogen and oxygen atoms in total. The first kappa shape index (κ1) is 33.6. The van der Waals surface area contributed by atoms with E-state index in [0.29, 0.717) is 0 Å². The zero-order valence-corrected chi connectivity index (χ0v) is 28.0. The lowest BCUT2D eigenvalue weighted by Gasteiger charge is -2.38. The summed E-state index contributed by atoms with van der Waals surface area (Å²) in [6, 6.07) is 0. The minimum Gasteiger partial charge on any atom is -0.368 e. The predicted molar refractivity (Wildman–Crippen MR) is 184 cm³/mol. The topological polar surface area (TPSA) is 34.4 Å². The number of fused-ring (bicyclic) bond motifs is 1. The van der Waals surface area contributed by atoms with E-state index in [9.17, 15) is 0 Å². The summed E-state index contributed by atoms with van der Waals surface area (Å²) in [7, 11) is 4.05. The van der Waals surface area contributed by atoms with Crippen molar-refractivity contribution in [3.05, 3.63) is 82.5 Å². The van der Waals surface area contributed by atoms with Crippen molar-refractivity contribution < 1.29 is 0 Å². The average molecular weight is 572 g/mol. The van der Waals surface area contributed by atoms with E-state index in [-0.39, 0.29) is 0 Å². The van der Waals surface area contributed by atoms with Crippen LogP contribution in [0.15, 0.2) is 92.5 Å². The monoisotopic (exact) mass is 571 g/mol. The van der Waals surface area contributed by atoms with Crippen LogP contribution in [0.1, 0.15) is 92.9 Å². The van der Waals surface area contributed by atoms with Gasteiger partial charge in [0.1, 0.15) is 5.84 Å². The van der Waals surface area contributed by atoms with E-state index in [0.717, 1.165) is 62.2 Å². The van der Waals surface area contributed by atoms with Crippen LogP contribution < -0.4 is 0 Å². The number of nitrogens with zero attached hydrogens (tertiary/aromatic N) is 5. The van der Waals surface area contributed by atoms with Gasteiger partial charge in [0.05, 0.1) is 17.1 Å². The van der Waals surface area contributed by atoms with Crippen LogP contribution >= 0.6 is 0 Å². The van der Waals surface area contributed by atoms with Crippen molar-refractivity contribution in [3.63, 3.8) is 0 Å². The molecule has 42 heavy (non-hydrogen) atoms. The number of aliphatic imine (C=N–C) groups is 2. The maximum Gasteiger partial charge on any atom is 0.137 e. The lowest BCUT2D eigenvalue weighted by molar-refractivity contribution is 0.188. The van der Waals surface area contributed by atoms with Crippen LogP contribution in [0.4, 0.5) is 0 Å². The highest BCUT2D eigenvalue weighted by molar-refractivity contribution is 6.12. The Morgan fingerprint density at radius 2 is 1.79 bits per heavy atom. The van der Waals surface area contributed by atoms with Gasteiger partial charge in [0.15, 0.2) is 0 Å². The van der Waals surface area contributed by atoms with Crippen LogP contribution in [0.25, 0.3) is 0 Å². The molecule has 0 aromatic heterocycles. The Morgan fingerprint density at radius 1 is 1.07 bits per heavy atom. The molecule has 5 heteroatoms.